The molecule has 0 heterocycles. The van der Waals surface area contributed by atoms with Gasteiger partial charge in [0.1, 0.15) is 12.1 Å². The lowest BCUT2D eigenvalue weighted by molar-refractivity contribution is -0.0313. The van der Waals surface area contributed by atoms with E-state index in [1.54, 1.807) is 12.1 Å². The molecule has 88 valence electrons. The molecular weight excluding hydrogens is 204 g/mol. The van der Waals surface area contributed by atoms with Crippen LogP contribution < -0.4 is 0 Å². The van der Waals surface area contributed by atoms with Crippen LogP contribution >= 0.6 is 0 Å². The van der Waals surface area contributed by atoms with E-state index in [4.69, 9.17) is 20.0 Å². The van der Waals surface area contributed by atoms with Gasteiger partial charge in [0.2, 0.25) is 5.57 Å². The molecule has 0 fully saturated rings. The molecule has 2 atom stereocenters. The zero-order chi connectivity index (χ0) is 12.6. The van der Waals surface area contributed by atoms with E-state index in [2.05, 4.69) is 0 Å². The maximum Gasteiger partial charge on any atom is 0.309 e. The monoisotopic (exact) mass is 222 g/mol. The molecule has 0 rings (SSSR count). The summed E-state index contributed by atoms with van der Waals surface area (Å²) in [5.74, 6) is 0.0497. The van der Waals surface area contributed by atoms with Crippen LogP contribution in [0.3, 0.4) is 0 Å². The summed E-state index contributed by atoms with van der Waals surface area (Å²) in [6, 6.07) is 3.56. The molecule has 0 aromatic carbocycles. The van der Waals surface area contributed by atoms with E-state index < -0.39 is 0 Å². The highest BCUT2D eigenvalue weighted by molar-refractivity contribution is 5.36. The summed E-state index contributed by atoms with van der Waals surface area (Å²) >= 11 is 0. The minimum atomic E-state index is -0.111. The van der Waals surface area contributed by atoms with Gasteiger partial charge in [0.15, 0.2) is 0 Å². The summed E-state index contributed by atoms with van der Waals surface area (Å²) in [5, 5.41) is 17.6. The van der Waals surface area contributed by atoms with E-state index in [-0.39, 0.29) is 23.7 Å². The molecular formula is C12H18N2O2. The molecule has 4 heteroatoms. The van der Waals surface area contributed by atoms with Crippen molar-refractivity contribution in [2.75, 3.05) is 0 Å². The maximum atomic E-state index is 8.78. The summed E-state index contributed by atoms with van der Waals surface area (Å²) in [6.07, 6.45) is 1.43. The Hall–Kier alpha value is -1.68. The van der Waals surface area contributed by atoms with E-state index in [0.29, 0.717) is 0 Å². The molecule has 0 aliphatic carbocycles. The second kappa shape index (κ2) is 7.59. The summed E-state index contributed by atoms with van der Waals surface area (Å²) in [4.78, 5) is 0. The van der Waals surface area contributed by atoms with Crippen molar-refractivity contribution in [2.24, 2.45) is 0 Å². The van der Waals surface area contributed by atoms with Crippen LogP contribution in [0.2, 0.25) is 0 Å². The molecule has 0 radical (unpaired) electrons. The van der Waals surface area contributed by atoms with Gasteiger partial charge in [0.05, 0.1) is 12.2 Å². The zero-order valence-electron chi connectivity index (χ0n) is 10.3. The molecule has 4 nitrogen and oxygen atoms in total. The normalized spacial score (nSPS) is 12.9. The standard InChI is InChI=1S/C12H18N2O2/c1-5-9(3)15-12(11(7-13)8-14)16-10(4)6-2/h9-10H,5-6H2,1-4H3. The number of ether oxygens (including phenoxy) is 2. The lowest BCUT2D eigenvalue weighted by atomic mass is 10.3. The lowest BCUT2D eigenvalue weighted by Gasteiger charge is -2.19. The second-order valence-corrected chi connectivity index (χ2v) is 3.56. The van der Waals surface area contributed by atoms with Crippen LogP contribution in [-0.4, -0.2) is 12.2 Å². The number of hydrogen-bond donors (Lipinski definition) is 0. The molecule has 0 aromatic rings. The van der Waals surface area contributed by atoms with Gasteiger partial charge in [-0.1, -0.05) is 13.8 Å². The number of hydrogen-bond acceptors (Lipinski definition) is 4. The molecule has 0 saturated heterocycles. The van der Waals surface area contributed by atoms with Gasteiger partial charge < -0.3 is 9.47 Å². The van der Waals surface area contributed by atoms with Gasteiger partial charge in [0.25, 0.3) is 0 Å². The SMILES string of the molecule is CCC(C)OC(OC(C)CC)=C(C#N)C#N. The third-order valence-corrected chi connectivity index (χ3v) is 2.19. The summed E-state index contributed by atoms with van der Waals surface area (Å²) in [7, 11) is 0. The van der Waals surface area contributed by atoms with Crippen molar-refractivity contribution in [3.05, 3.63) is 11.5 Å². The number of nitrogens with zero attached hydrogens (tertiary/aromatic N) is 2. The van der Waals surface area contributed by atoms with E-state index in [9.17, 15) is 0 Å². The minimum Gasteiger partial charge on any atom is -0.461 e. The fraction of sp³-hybridized carbons (Fsp3) is 0.667. The Morgan fingerprint density at radius 1 is 1.00 bits per heavy atom. The highest BCUT2D eigenvalue weighted by atomic mass is 16.7. The Kier molecular flexibility index (Phi) is 6.79. The first-order chi connectivity index (χ1) is 7.58. The Bertz CT molecular complexity index is 293. The molecule has 0 N–H and O–H groups in total. The van der Waals surface area contributed by atoms with E-state index in [1.807, 2.05) is 27.7 Å². The molecule has 16 heavy (non-hydrogen) atoms. The number of rotatable bonds is 6. The summed E-state index contributed by atoms with van der Waals surface area (Å²) in [5.41, 5.74) is -0.111. The molecule has 0 aliphatic heterocycles. The average Bonchev–Trinajstić information content (AvgIpc) is 2.29. The van der Waals surface area contributed by atoms with Crippen molar-refractivity contribution in [1.29, 1.82) is 10.5 Å². The molecule has 0 bridgehead atoms. The van der Waals surface area contributed by atoms with Gasteiger partial charge >= 0.3 is 5.95 Å². The van der Waals surface area contributed by atoms with Crippen molar-refractivity contribution < 1.29 is 9.47 Å². The van der Waals surface area contributed by atoms with Gasteiger partial charge in [-0.3, -0.25) is 0 Å². The van der Waals surface area contributed by atoms with Crippen LogP contribution in [-0.2, 0) is 9.47 Å². The largest absolute Gasteiger partial charge is 0.461 e. The van der Waals surface area contributed by atoms with Crippen LogP contribution in [0.15, 0.2) is 11.5 Å². The number of allylic oxidation sites excluding steroid dienone is 1. The van der Waals surface area contributed by atoms with Crippen molar-refractivity contribution in [1.82, 2.24) is 0 Å². The van der Waals surface area contributed by atoms with Crippen molar-refractivity contribution in [3.63, 3.8) is 0 Å². The van der Waals surface area contributed by atoms with Crippen LogP contribution in [0.4, 0.5) is 0 Å². The molecule has 0 spiro atoms. The average molecular weight is 222 g/mol. The third-order valence-electron chi connectivity index (χ3n) is 2.19. The fourth-order valence-electron chi connectivity index (χ4n) is 0.794. The van der Waals surface area contributed by atoms with Crippen LogP contribution in [0.1, 0.15) is 40.5 Å². The molecule has 0 aromatic heterocycles. The van der Waals surface area contributed by atoms with Crippen LogP contribution in [0.25, 0.3) is 0 Å². The maximum absolute atomic E-state index is 8.78. The highest BCUT2D eigenvalue weighted by Crippen LogP contribution is 2.15. The topological polar surface area (TPSA) is 66.0 Å². The first-order valence-corrected chi connectivity index (χ1v) is 5.46. The van der Waals surface area contributed by atoms with Gasteiger partial charge in [-0.15, -0.1) is 0 Å². The number of nitriles is 2. The van der Waals surface area contributed by atoms with Crippen LogP contribution in [0, 0.1) is 22.7 Å². The van der Waals surface area contributed by atoms with E-state index in [1.165, 1.54) is 0 Å². The summed E-state index contributed by atoms with van der Waals surface area (Å²) < 4.78 is 10.9. The van der Waals surface area contributed by atoms with Crippen molar-refractivity contribution >= 4 is 0 Å². The van der Waals surface area contributed by atoms with Crippen molar-refractivity contribution in [3.8, 4) is 12.1 Å². The highest BCUT2D eigenvalue weighted by Gasteiger charge is 2.15. The van der Waals surface area contributed by atoms with Gasteiger partial charge in [-0.2, -0.15) is 10.5 Å². The predicted molar refractivity (Wildman–Crippen MR) is 59.9 cm³/mol. The van der Waals surface area contributed by atoms with Gasteiger partial charge in [-0.25, -0.2) is 0 Å². The smallest absolute Gasteiger partial charge is 0.309 e. The first kappa shape index (κ1) is 14.3. The predicted octanol–water partition coefficient (Wildman–Crippen LogP) is 2.88. The molecule has 0 aliphatic rings. The van der Waals surface area contributed by atoms with E-state index >= 15 is 0 Å². The zero-order valence-corrected chi connectivity index (χ0v) is 10.3. The molecule has 0 amide bonds. The Morgan fingerprint density at radius 2 is 1.38 bits per heavy atom. The van der Waals surface area contributed by atoms with Gasteiger partial charge in [0, 0.05) is 0 Å². The van der Waals surface area contributed by atoms with E-state index in [0.717, 1.165) is 12.8 Å². The fourth-order valence-corrected chi connectivity index (χ4v) is 0.794. The quantitative estimate of drug-likeness (QED) is 0.512. The Labute approximate surface area is 97.1 Å². The lowest BCUT2D eigenvalue weighted by Crippen LogP contribution is -2.15. The Balaban J connectivity index is 4.86. The molecule has 0 saturated carbocycles. The van der Waals surface area contributed by atoms with Gasteiger partial charge in [-0.05, 0) is 26.7 Å². The van der Waals surface area contributed by atoms with Crippen LogP contribution in [0.5, 0.6) is 0 Å². The second-order valence-electron chi connectivity index (χ2n) is 3.56. The first-order valence-electron chi connectivity index (χ1n) is 5.46. The molecule has 2 unspecified atom stereocenters. The van der Waals surface area contributed by atoms with Crippen molar-refractivity contribution in [2.45, 2.75) is 52.7 Å². The minimum absolute atomic E-state index is 0.0497. The Morgan fingerprint density at radius 3 is 1.62 bits per heavy atom. The summed E-state index contributed by atoms with van der Waals surface area (Å²) in [6.45, 7) is 7.66. The third kappa shape index (κ3) is 4.70.